The van der Waals surface area contributed by atoms with Crippen molar-refractivity contribution in [3.05, 3.63) is 23.8 Å². The Balaban J connectivity index is 1.62. The van der Waals surface area contributed by atoms with Crippen LogP contribution in [0.15, 0.2) is 18.2 Å². The molecule has 0 aromatic heterocycles. The number of benzene rings is 1. The molecule has 0 radical (unpaired) electrons. The highest BCUT2D eigenvalue weighted by molar-refractivity contribution is 7.93. The summed E-state index contributed by atoms with van der Waals surface area (Å²) >= 11 is 0. The van der Waals surface area contributed by atoms with Crippen molar-refractivity contribution in [2.24, 2.45) is 5.92 Å². The van der Waals surface area contributed by atoms with Gasteiger partial charge in [0.15, 0.2) is 0 Å². The average molecular weight is 395 g/mol. The molecule has 1 aromatic rings. The van der Waals surface area contributed by atoms with Crippen LogP contribution in [0.5, 0.6) is 0 Å². The number of urea groups is 1. The number of carboxylic acid groups (broad SMARTS) is 1. The Labute approximate surface area is 159 Å². The molecule has 1 aliphatic heterocycles. The van der Waals surface area contributed by atoms with Gasteiger partial charge < -0.3 is 15.7 Å². The highest BCUT2D eigenvalue weighted by Gasteiger charge is 2.30. The van der Waals surface area contributed by atoms with Crippen LogP contribution in [0.2, 0.25) is 0 Å². The van der Waals surface area contributed by atoms with Gasteiger partial charge in [-0.25, -0.2) is 13.2 Å². The standard InChI is InChI=1S/C18H25N3O5S/c1-12-3-6-15(11-16(12)21-9-2-10-27(21,25)26)20-18(24)19-14-7-4-13(5-8-14)17(22)23/h3,6,11,13-14H,2,4-5,7-10H2,1H3,(H,22,23)(H2,19,20,24). The van der Waals surface area contributed by atoms with E-state index in [4.69, 9.17) is 5.11 Å². The SMILES string of the molecule is Cc1ccc(NC(=O)NC2CCC(C(=O)O)CC2)cc1N1CCCS1(=O)=O. The molecule has 8 nitrogen and oxygen atoms in total. The smallest absolute Gasteiger partial charge is 0.319 e. The summed E-state index contributed by atoms with van der Waals surface area (Å²) in [6.07, 6.45) is 2.98. The molecule has 0 unspecified atom stereocenters. The van der Waals surface area contributed by atoms with Crippen molar-refractivity contribution >= 4 is 33.4 Å². The number of carbonyl (C=O) groups is 2. The summed E-state index contributed by atoms with van der Waals surface area (Å²) in [4.78, 5) is 23.3. The van der Waals surface area contributed by atoms with Gasteiger partial charge in [0.05, 0.1) is 17.4 Å². The van der Waals surface area contributed by atoms with Crippen LogP contribution in [0.25, 0.3) is 0 Å². The molecule has 9 heteroatoms. The summed E-state index contributed by atoms with van der Waals surface area (Å²) in [5, 5.41) is 14.7. The van der Waals surface area contributed by atoms with Crippen molar-refractivity contribution in [3.8, 4) is 0 Å². The van der Waals surface area contributed by atoms with Crippen molar-refractivity contribution in [1.82, 2.24) is 5.32 Å². The quantitative estimate of drug-likeness (QED) is 0.723. The first kappa shape index (κ1) is 19.5. The minimum Gasteiger partial charge on any atom is -0.481 e. The number of rotatable bonds is 4. The third-order valence-corrected chi connectivity index (χ3v) is 7.10. The van der Waals surface area contributed by atoms with Crippen molar-refractivity contribution in [2.45, 2.75) is 45.1 Å². The Morgan fingerprint density at radius 3 is 2.48 bits per heavy atom. The summed E-state index contributed by atoms with van der Waals surface area (Å²) in [7, 11) is -3.29. The number of aryl methyl sites for hydroxylation is 1. The second-order valence-corrected chi connectivity index (χ2v) is 9.24. The highest BCUT2D eigenvalue weighted by Crippen LogP contribution is 2.30. The molecule has 148 valence electrons. The lowest BCUT2D eigenvalue weighted by Crippen LogP contribution is -2.41. The lowest BCUT2D eigenvalue weighted by atomic mass is 9.86. The number of nitrogens with one attached hydrogen (secondary N) is 2. The van der Waals surface area contributed by atoms with Gasteiger partial charge >= 0.3 is 12.0 Å². The molecule has 0 atom stereocenters. The molecule has 1 saturated heterocycles. The van der Waals surface area contributed by atoms with Gasteiger partial charge in [-0.3, -0.25) is 9.10 Å². The molecule has 0 spiro atoms. The van der Waals surface area contributed by atoms with Crippen LogP contribution < -0.4 is 14.9 Å². The number of carbonyl (C=O) groups excluding carboxylic acids is 1. The zero-order valence-electron chi connectivity index (χ0n) is 15.3. The van der Waals surface area contributed by atoms with Crippen LogP contribution in [-0.4, -0.2) is 43.9 Å². The van der Waals surface area contributed by atoms with Crippen molar-refractivity contribution < 1.29 is 23.1 Å². The van der Waals surface area contributed by atoms with E-state index < -0.39 is 16.0 Å². The van der Waals surface area contributed by atoms with Gasteiger partial charge in [0.1, 0.15) is 0 Å². The van der Waals surface area contributed by atoms with Crippen LogP contribution in [0.4, 0.5) is 16.2 Å². The topological polar surface area (TPSA) is 116 Å². The Bertz CT molecular complexity index is 831. The van der Waals surface area contributed by atoms with Crippen LogP contribution in [-0.2, 0) is 14.8 Å². The van der Waals surface area contributed by atoms with Gasteiger partial charge in [0, 0.05) is 18.3 Å². The highest BCUT2D eigenvalue weighted by atomic mass is 32.2. The molecular weight excluding hydrogens is 370 g/mol. The number of sulfonamides is 1. The largest absolute Gasteiger partial charge is 0.481 e. The predicted molar refractivity (Wildman–Crippen MR) is 102 cm³/mol. The molecule has 27 heavy (non-hydrogen) atoms. The summed E-state index contributed by atoms with van der Waals surface area (Å²) in [5.41, 5.74) is 1.94. The van der Waals surface area contributed by atoms with Crippen LogP contribution >= 0.6 is 0 Å². The first-order valence-corrected chi connectivity index (χ1v) is 10.8. The van der Waals surface area contributed by atoms with Crippen molar-refractivity contribution in [3.63, 3.8) is 0 Å². The lowest BCUT2D eigenvalue weighted by molar-refractivity contribution is -0.142. The Morgan fingerprint density at radius 1 is 1.19 bits per heavy atom. The molecule has 3 N–H and O–H groups in total. The van der Waals surface area contributed by atoms with E-state index in [1.165, 1.54) is 4.31 Å². The summed E-state index contributed by atoms with van der Waals surface area (Å²) in [6.45, 7) is 2.29. The number of hydrogen-bond acceptors (Lipinski definition) is 4. The maximum Gasteiger partial charge on any atom is 0.319 e. The molecule has 2 amide bonds. The molecule has 1 heterocycles. The van der Waals surface area contributed by atoms with E-state index in [1.807, 2.05) is 6.92 Å². The normalized spacial score (nSPS) is 24.4. The third-order valence-electron chi connectivity index (χ3n) is 5.25. The lowest BCUT2D eigenvalue weighted by Gasteiger charge is -2.27. The number of hydrogen-bond donors (Lipinski definition) is 3. The summed E-state index contributed by atoms with van der Waals surface area (Å²) in [5.74, 6) is -0.959. The second-order valence-electron chi connectivity index (χ2n) is 7.23. The van der Waals surface area contributed by atoms with E-state index in [0.717, 1.165) is 5.56 Å². The van der Waals surface area contributed by atoms with E-state index >= 15 is 0 Å². The molecule has 2 fully saturated rings. The van der Waals surface area contributed by atoms with Gasteiger partial charge in [0.2, 0.25) is 10.0 Å². The number of carboxylic acids is 1. The number of nitrogens with zero attached hydrogens (tertiary/aromatic N) is 1. The minimum absolute atomic E-state index is 0.0514. The van der Waals surface area contributed by atoms with Gasteiger partial charge in [-0.1, -0.05) is 6.07 Å². The average Bonchev–Trinajstić information content (AvgIpc) is 2.96. The number of amides is 2. The van der Waals surface area contributed by atoms with Gasteiger partial charge in [-0.15, -0.1) is 0 Å². The van der Waals surface area contributed by atoms with Crippen LogP contribution in [0.1, 0.15) is 37.7 Å². The Hall–Kier alpha value is -2.29. The first-order chi connectivity index (χ1) is 12.8. The van der Waals surface area contributed by atoms with E-state index in [2.05, 4.69) is 10.6 Å². The molecule has 1 aromatic carbocycles. The number of anilines is 2. The van der Waals surface area contributed by atoms with Crippen molar-refractivity contribution in [1.29, 1.82) is 0 Å². The molecule has 3 rings (SSSR count). The fourth-order valence-corrected chi connectivity index (χ4v) is 5.32. The van der Waals surface area contributed by atoms with Gasteiger partial charge in [-0.05, 0) is 56.7 Å². The summed E-state index contributed by atoms with van der Waals surface area (Å²) < 4.78 is 25.7. The first-order valence-electron chi connectivity index (χ1n) is 9.17. The maximum absolute atomic E-state index is 12.3. The second kappa shape index (κ2) is 7.75. The fraction of sp³-hybridized carbons (Fsp3) is 0.556. The van der Waals surface area contributed by atoms with E-state index in [0.29, 0.717) is 50.0 Å². The minimum atomic E-state index is -3.29. The number of aliphatic carboxylic acids is 1. The monoisotopic (exact) mass is 395 g/mol. The summed E-state index contributed by atoms with van der Waals surface area (Å²) in [6, 6.07) is 4.79. The Morgan fingerprint density at radius 2 is 1.89 bits per heavy atom. The van der Waals surface area contributed by atoms with E-state index in [1.54, 1.807) is 18.2 Å². The van der Waals surface area contributed by atoms with Crippen LogP contribution in [0.3, 0.4) is 0 Å². The van der Waals surface area contributed by atoms with E-state index in [-0.39, 0.29) is 23.7 Å². The molecular formula is C18H25N3O5S. The molecule has 0 bridgehead atoms. The zero-order chi connectivity index (χ0) is 19.6. The van der Waals surface area contributed by atoms with Crippen LogP contribution in [0, 0.1) is 12.8 Å². The maximum atomic E-state index is 12.3. The molecule has 1 saturated carbocycles. The van der Waals surface area contributed by atoms with Gasteiger partial charge in [-0.2, -0.15) is 0 Å². The van der Waals surface area contributed by atoms with Crippen molar-refractivity contribution in [2.75, 3.05) is 21.9 Å². The third kappa shape index (κ3) is 4.52. The van der Waals surface area contributed by atoms with Gasteiger partial charge in [0.25, 0.3) is 0 Å². The Kier molecular flexibility index (Phi) is 5.59. The fourth-order valence-electron chi connectivity index (χ4n) is 3.70. The zero-order valence-corrected chi connectivity index (χ0v) is 16.1. The molecule has 1 aliphatic carbocycles. The predicted octanol–water partition coefficient (Wildman–Crippen LogP) is 2.30. The van der Waals surface area contributed by atoms with E-state index in [9.17, 15) is 18.0 Å². The molecule has 2 aliphatic rings.